The molecule has 1 amide bonds. The Balaban J connectivity index is 1.99. The highest BCUT2D eigenvalue weighted by atomic mass is 16.6. The fraction of sp³-hybridized carbons (Fsp3) is 0.556. The van der Waals surface area contributed by atoms with Crippen molar-refractivity contribution >= 4 is 12.1 Å². The molecule has 0 aromatic heterocycles. The van der Waals surface area contributed by atoms with Crippen LogP contribution in [0.5, 0.6) is 0 Å². The first kappa shape index (κ1) is 18.3. The molecule has 2 rings (SSSR count). The Bertz CT molecular complexity index is 609. The van der Waals surface area contributed by atoms with Crippen LogP contribution in [0.15, 0.2) is 24.3 Å². The molecule has 6 nitrogen and oxygen atoms in total. The zero-order valence-electron chi connectivity index (χ0n) is 14.8. The van der Waals surface area contributed by atoms with Gasteiger partial charge in [-0.05, 0) is 39.3 Å². The monoisotopic (exact) mass is 334 g/mol. The summed E-state index contributed by atoms with van der Waals surface area (Å²) in [6.07, 6.45) is -0.291. The molecular weight excluding hydrogens is 308 g/mol. The summed E-state index contributed by atoms with van der Waals surface area (Å²) in [4.78, 5) is 27.5. The molecule has 24 heavy (non-hydrogen) atoms. The topological polar surface area (TPSA) is 70.1 Å². The van der Waals surface area contributed by atoms with Crippen LogP contribution < -0.4 is 0 Å². The minimum absolute atomic E-state index is 0.0191. The maximum absolute atomic E-state index is 12.2. The summed E-state index contributed by atoms with van der Waals surface area (Å²) in [6, 6.07) is 7.07. The zero-order valence-corrected chi connectivity index (χ0v) is 14.8. The van der Waals surface area contributed by atoms with E-state index in [9.17, 15) is 14.7 Å². The number of carbonyl (C=O) groups excluding carboxylic acids is 1. The fourth-order valence-electron chi connectivity index (χ4n) is 2.88. The van der Waals surface area contributed by atoms with Crippen LogP contribution in [0.3, 0.4) is 0 Å². The minimum Gasteiger partial charge on any atom is -0.478 e. The second-order valence-corrected chi connectivity index (χ2v) is 7.22. The van der Waals surface area contributed by atoms with E-state index in [4.69, 9.17) is 4.74 Å². The lowest BCUT2D eigenvalue weighted by Gasteiger charge is -2.40. The molecule has 0 unspecified atom stereocenters. The van der Waals surface area contributed by atoms with Crippen molar-refractivity contribution in [3.8, 4) is 0 Å². The Kier molecular flexibility index (Phi) is 5.49. The molecule has 0 spiro atoms. The van der Waals surface area contributed by atoms with Crippen LogP contribution in [0.2, 0.25) is 0 Å². The average molecular weight is 334 g/mol. The highest BCUT2D eigenvalue weighted by Crippen LogP contribution is 2.18. The molecule has 132 valence electrons. The lowest BCUT2D eigenvalue weighted by molar-refractivity contribution is 0.000553. The van der Waals surface area contributed by atoms with E-state index in [-0.39, 0.29) is 12.1 Å². The van der Waals surface area contributed by atoms with Crippen LogP contribution in [0, 0.1) is 0 Å². The average Bonchev–Trinajstić information content (AvgIpc) is 2.45. The highest BCUT2D eigenvalue weighted by molar-refractivity contribution is 5.89. The molecule has 0 saturated carbocycles. The van der Waals surface area contributed by atoms with Crippen molar-refractivity contribution < 1.29 is 19.4 Å². The van der Waals surface area contributed by atoms with Gasteiger partial charge in [-0.2, -0.15) is 0 Å². The smallest absolute Gasteiger partial charge is 0.410 e. The van der Waals surface area contributed by atoms with Crippen molar-refractivity contribution in [2.24, 2.45) is 0 Å². The lowest BCUT2D eigenvalue weighted by atomic mass is 10.1. The Morgan fingerprint density at radius 2 is 1.92 bits per heavy atom. The summed E-state index contributed by atoms with van der Waals surface area (Å²) in [5.41, 5.74) is 0.622. The van der Waals surface area contributed by atoms with E-state index in [1.165, 1.54) is 0 Å². The quantitative estimate of drug-likeness (QED) is 0.920. The van der Waals surface area contributed by atoms with Gasteiger partial charge in [0.15, 0.2) is 0 Å². The summed E-state index contributed by atoms with van der Waals surface area (Å²) in [5, 5.41) is 9.28. The first-order valence-corrected chi connectivity index (χ1v) is 8.20. The first-order valence-electron chi connectivity index (χ1n) is 8.20. The molecule has 1 atom stereocenters. The largest absolute Gasteiger partial charge is 0.478 e. The van der Waals surface area contributed by atoms with Gasteiger partial charge >= 0.3 is 12.1 Å². The van der Waals surface area contributed by atoms with Gasteiger partial charge < -0.3 is 14.7 Å². The van der Waals surface area contributed by atoms with E-state index in [1.54, 1.807) is 17.0 Å². The number of hydrogen-bond donors (Lipinski definition) is 1. The fourth-order valence-corrected chi connectivity index (χ4v) is 2.88. The van der Waals surface area contributed by atoms with E-state index < -0.39 is 11.6 Å². The summed E-state index contributed by atoms with van der Waals surface area (Å²) in [7, 11) is 0. The van der Waals surface area contributed by atoms with Crippen LogP contribution in [0.4, 0.5) is 4.79 Å². The van der Waals surface area contributed by atoms with Crippen molar-refractivity contribution in [1.82, 2.24) is 9.80 Å². The summed E-state index contributed by atoms with van der Waals surface area (Å²) < 4.78 is 5.44. The van der Waals surface area contributed by atoms with Crippen LogP contribution in [0.1, 0.15) is 43.6 Å². The molecule has 1 aliphatic heterocycles. The van der Waals surface area contributed by atoms with E-state index in [1.807, 2.05) is 39.8 Å². The third-order valence-corrected chi connectivity index (χ3v) is 3.98. The number of piperazine rings is 1. The molecule has 1 fully saturated rings. The maximum Gasteiger partial charge on any atom is 0.410 e. The number of hydrogen-bond acceptors (Lipinski definition) is 4. The van der Waals surface area contributed by atoms with Gasteiger partial charge in [0.2, 0.25) is 0 Å². The number of benzene rings is 1. The second kappa shape index (κ2) is 7.21. The second-order valence-electron chi connectivity index (χ2n) is 7.22. The zero-order chi connectivity index (χ0) is 17.9. The summed E-state index contributed by atoms with van der Waals surface area (Å²) >= 11 is 0. The molecule has 1 heterocycles. The molecule has 6 heteroatoms. The number of carboxylic acid groups (broad SMARTS) is 1. The highest BCUT2D eigenvalue weighted by Gasteiger charge is 2.31. The standard InChI is InChI=1S/C18H26N2O4/c1-13-11-19(9-10-20(13)17(23)24-18(2,3)4)12-14-7-5-6-8-15(14)16(21)22/h5-8,13H,9-12H2,1-4H3,(H,21,22)/t13-/m1/s1. The Hall–Kier alpha value is -2.08. The number of ether oxygens (including phenoxy) is 1. The third-order valence-electron chi connectivity index (χ3n) is 3.98. The minimum atomic E-state index is -0.911. The Morgan fingerprint density at radius 1 is 1.25 bits per heavy atom. The SMILES string of the molecule is C[C@@H]1CN(Cc2ccccc2C(=O)O)CCN1C(=O)OC(C)(C)C. The molecule has 1 aromatic rings. The van der Waals surface area contributed by atoms with Crippen LogP contribution >= 0.6 is 0 Å². The maximum atomic E-state index is 12.2. The normalized spacial score (nSPS) is 19.2. The van der Waals surface area contributed by atoms with Gasteiger partial charge in [-0.1, -0.05) is 18.2 Å². The van der Waals surface area contributed by atoms with Crippen LogP contribution in [0.25, 0.3) is 0 Å². The van der Waals surface area contributed by atoms with Crippen molar-refractivity contribution in [1.29, 1.82) is 0 Å². The predicted molar refractivity (Wildman–Crippen MR) is 91.1 cm³/mol. The van der Waals surface area contributed by atoms with Gasteiger partial charge in [0.05, 0.1) is 5.56 Å². The first-order chi connectivity index (χ1) is 11.2. The van der Waals surface area contributed by atoms with Gasteiger partial charge in [0.1, 0.15) is 5.60 Å². The number of aromatic carboxylic acids is 1. The van der Waals surface area contributed by atoms with Crippen molar-refractivity contribution in [2.45, 2.75) is 45.9 Å². The predicted octanol–water partition coefficient (Wildman–Crippen LogP) is 2.83. The number of rotatable bonds is 3. The number of nitrogens with zero attached hydrogens (tertiary/aromatic N) is 2. The van der Waals surface area contributed by atoms with Crippen molar-refractivity contribution in [3.63, 3.8) is 0 Å². The van der Waals surface area contributed by atoms with E-state index >= 15 is 0 Å². The molecule has 0 aliphatic carbocycles. The molecule has 0 radical (unpaired) electrons. The van der Waals surface area contributed by atoms with Crippen LogP contribution in [-0.2, 0) is 11.3 Å². The summed E-state index contributed by atoms with van der Waals surface area (Å²) in [6.45, 7) is 10.1. The Labute approximate surface area is 143 Å². The number of amides is 1. The van der Waals surface area contributed by atoms with Gasteiger partial charge in [-0.25, -0.2) is 9.59 Å². The molecule has 0 bridgehead atoms. The number of carboxylic acids is 1. The molecule has 1 saturated heterocycles. The van der Waals surface area contributed by atoms with Gasteiger partial charge in [0.25, 0.3) is 0 Å². The molecule has 1 aliphatic rings. The lowest BCUT2D eigenvalue weighted by Crippen LogP contribution is -2.54. The summed E-state index contributed by atoms with van der Waals surface area (Å²) in [5.74, 6) is -0.911. The molecule has 1 N–H and O–H groups in total. The van der Waals surface area contributed by atoms with Crippen molar-refractivity contribution in [2.75, 3.05) is 19.6 Å². The molecule has 1 aromatic carbocycles. The van der Waals surface area contributed by atoms with Gasteiger partial charge in [-0.15, -0.1) is 0 Å². The van der Waals surface area contributed by atoms with E-state index in [0.29, 0.717) is 31.7 Å². The van der Waals surface area contributed by atoms with E-state index in [0.717, 1.165) is 5.56 Å². The molecular formula is C18H26N2O4. The third kappa shape index (κ3) is 4.71. The van der Waals surface area contributed by atoms with Crippen LogP contribution in [-0.4, -0.2) is 58.2 Å². The van der Waals surface area contributed by atoms with Crippen molar-refractivity contribution in [3.05, 3.63) is 35.4 Å². The number of carbonyl (C=O) groups is 2. The Morgan fingerprint density at radius 3 is 2.50 bits per heavy atom. The van der Waals surface area contributed by atoms with Gasteiger partial charge in [0, 0.05) is 32.2 Å². The van der Waals surface area contributed by atoms with Gasteiger partial charge in [-0.3, -0.25) is 4.90 Å². The van der Waals surface area contributed by atoms with E-state index in [2.05, 4.69) is 4.90 Å².